The van der Waals surface area contributed by atoms with E-state index >= 15 is 0 Å². The van der Waals surface area contributed by atoms with Gasteiger partial charge >= 0.3 is 6.18 Å². The highest BCUT2D eigenvalue weighted by molar-refractivity contribution is 5.95. The second-order valence-electron chi connectivity index (χ2n) is 6.39. The molecule has 0 radical (unpaired) electrons. The molecule has 5 nitrogen and oxygen atoms in total. The minimum absolute atomic E-state index is 0.156. The Morgan fingerprint density at radius 2 is 1.83 bits per heavy atom. The van der Waals surface area contributed by atoms with E-state index in [4.69, 9.17) is 4.42 Å². The van der Waals surface area contributed by atoms with Gasteiger partial charge in [0.2, 0.25) is 0 Å². The molecule has 2 aromatic heterocycles. The smallest absolute Gasteiger partial charge is 0.416 e. The van der Waals surface area contributed by atoms with Gasteiger partial charge in [-0.05, 0) is 17.7 Å². The van der Waals surface area contributed by atoms with Crippen LogP contribution >= 0.6 is 0 Å². The lowest BCUT2D eigenvalue weighted by atomic mass is 10.1. The summed E-state index contributed by atoms with van der Waals surface area (Å²) in [7, 11) is 0. The van der Waals surface area contributed by atoms with Crippen LogP contribution in [0.2, 0.25) is 0 Å². The highest BCUT2D eigenvalue weighted by Gasteiger charge is 2.30. The number of nitrogens with zero attached hydrogens (tertiary/aromatic N) is 2. The fraction of sp³-hybridized carbons (Fsp3) is 0.0952. The molecule has 0 spiro atoms. The third-order valence-electron chi connectivity index (χ3n) is 4.39. The van der Waals surface area contributed by atoms with Crippen molar-refractivity contribution in [3.05, 3.63) is 84.2 Å². The largest absolute Gasteiger partial charge is 0.451 e. The number of H-pyrrole nitrogens is 1. The number of ketones is 1. The van der Waals surface area contributed by atoms with E-state index < -0.39 is 11.7 Å². The Balaban J connectivity index is 1.52. The molecule has 0 aliphatic carbocycles. The van der Waals surface area contributed by atoms with Crippen LogP contribution in [0.4, 0.5) is 13.2 Å². The van der Waals surface area contributed by atoms with Crippen LogP contribution in [-0.2, 0) is 12.6 Å². The zero-order valence-corrected chi connectivity index (χ0v) is 14.9. The number of hydrogen-bond acceptors (Lipinski definition) is 4. The number of imidazole rings is 1. The highest BCUT2D eigenvalue weighted by atomic mass is 19.4. The molecule has 0 unspecified atom stereocenters. The summed E-state index contributed by atoms with van der Waals surface area (Å²) in [6.07, 6.45) is -0.227. The Kier molecular flexibility index (Phi) is 4.75. The lowest BCUT2D eigenvalue weighted by Crippen LogP contribution is -2.04. The molecule has 0 fully saturated rings. The summed E-state index contributed by atoms with van der Waals surface area (Å²) in [6.45, 7) is 0. The molecular formula is C21H14F3N3O2. The number of nitrogens with one attached hydrogen (secondary N) is 1. The van der Waals surface area contributed by atoms with Crippen LogP contribution in [0.5, 0.6) is 0 Å². The second kappa shape index (κ2) is 7.38. The molecule has 2 aromatic carbocycles. The molecule has 0 atom stereocenters. The number of hydrogen-bond donors (Lipinski definition) is 1. The van der Waals surface area contributed by atoms with Crippen molar-refractivity contribution in [1.29, 1.82) is 0 Å². The average molecular weight is 397 g/mol. The van der Waals surface area contributed by atoms with Gasteiger partial charge in [0.1, 0.15) is 17.8 Å². The number of benzene rings is 2. The van der Waals surface area contributed by atoms with Gasteiger partial charge in [-0.25, -0.2) is 9.97 Å². The Labute approximate surface area is 163 Å². The molecule has 4 aromatic rings. The predicted molar refractivity (Wildman–Crippen MR) is 99.0 cm³/mol. The second-order valence-corrected chi connectivity index (χ2v) is 6.39. The Bertz CT molecular complexity index is 1130. The zero-order chi connectivity index (χ0) is 20.4. The van der Waals surface area contributed by atoms with Crippen molar-refractivity contribution in [2.45, 2.75) is 12.6 Å². The maximum absolute atomic E-state index is 12.9. The first-order chi connectivity index (χ1) is 13.9. The molecule has 0 aliphatic heterocycles. The van der Waals surface area contributed by atoms with Crippen molar-refractivity contribution in [2.24, 2.45) is 0 Å². The molecule has 4 rings (SSSR count). The number of halogens is 3. The van der Waals surface area contributed by atoms with Crippen molar-refractivity contribution >= 4 is 5.78 Å². The van der Waals surface area contributed by atoms with E-state index in [-0.39, 0.29) is 17.9 Å². The Hall–Kier alpha value is -3.68. The van der Waals surface area contributed by atoms with Gasteiger partial charge in [0.05, 0.1) is 17.5 Å². The summed E-state index contributed by atoms with van der Waals surface area (Å²) in [6, 6.07) is 12.2. The van der Waals surface area contributed by atoms with Gasteiger partial charge in [0.15, 0.2) is 12.2 Å². The van der Waals surface area contributed by atoms with Crippen molar-refractivity contribution < 1.29 is 22.4 Å². The minimum Gasteiger partial charge on any atom is -0.451 e. The van der Waals surface area contributed by atoms with Crippen molar-refractivity contribution in [3.63, 3.8) is 0 Å². The lowest BCUT2D eigenvalue weighted by Gasteiger charge is -2.07. The van der Waals surface area contributed by atoms with Crippen LogP contribution in [0.1, 0.15) is 21.6 Å². The van der Waals surface area contributed by atoms with Crippen LogP contribution in [-0.4, -0.2) is 20.7 Å². The van der Waals surface area contributed by atoms with E-state index in [0.717, 1.165) is 23.3 Å². The van der Waals surface area contributed by atoms with Crippen LogP contribution in [0, 0.1) is 0 Å². The van der Waals surface area contributed by atoms with E-state index in [1.54, 1.807) is 30.3 Å². The summed E-state index contributed by atoms with van der Waals surface area (Å²) in [5.74, 6) is 0.364. The van der Waals surface area contributed by atoms with E-state index in [1.165, 1.54) is 24.9 Å². The third kappa shape index (κ3) is 4.11. The first kappa shape index (κ1) is 18.7. The first-order valence-corrected chi connectivity index (χ1v) is 8.63. The van der Waals surface area contributed by atoms with Crippen molar-refractivity contribution in [3.8, 4) is 22.6 Å². The monoisotopic (exact) mass is 397 g/mol. The fourth-order valence-electron chi connectivity index (χ4n) is 2.88. The SMILES string of the molecule is O=C(Cc1ccc(-c2ncc(-c3cccc(C(F)(F)F)c3)[nH]2)cc1)c1cocn1. The number of oxazole rings is 1. The molecular weight excluding hydrogens is 383 g/mol. The molecule has 0 saturated heterocycles. The normalized spacial score (nSPS) is 11.6. The number of carbonyl (C=O) groups is 1. The van der Waals surface area contributed by atoms with Gasteiger partial charge < -0.3 is 9.40 Å². The van der Waals surface area contributed by atoms with Crippen LogP contribution in [0.15, 0.2) is 71.8 Å². The summed E-state index contributed by atoms with van der Waals surface area (Å²) in [5, 5.41) is 0. The van der Waals surface area contributed by atoms with Crippen LogP contribution in [0.25, 0.3) is 22.6 Å². The van der Waals surface area contributed by atoms with Crippen molar-refractivity contribution in [1.82, 2.24) is 15.0 Å². The first-order valence-electron chi connectivity index (χ1n) is 8.63. The van der Waals surface area contributed by atoms with Gasteiger partial charge in [0, 0.05) is 17.5 Å². The standard InChI is InChI=1S/C21H14F3N3O2/c22-21(23,24)16-3-1-2-15(9-16)17-10-25-20(27-17)14-6-4-13(5-7-14)8-19(28)18-11-29-12-26-18/h1-7,9-12H,8H2,(H,25,27). The summed E-state index contributed by atoms with van der Waals surface area (Å²) in [4.78, 5) is 23.2. The minimum atomic E-state index is -4.40. The lowest BCUT2D eigenvalue weighted by molar-refractivity contribution is -0.137. The zero-order valence-electron chi connectivity index (χ0n) is 14.9. The maximum Gasteiger partial charge on any atom is 0.416 e. The topological polar surface area (TPSA) is 71.8 Å². The molecule has 29 heavy (non-hydrogen) atoms. The van der Waals surface area contributed by atoms with Gasteiger partial charge in [-0.3, -0.25) is 4.79 Å². The van der Waals surface area contributed by atoms with Gasteiger partial charge in [-0.2, -0.15) is 13.2 Å². The molecule has 146 valence electrons. The van der Waals surface area contributed by atoms with E-state index in [2.05, 4.69) is 15.0 Å². The Morgan fingerprint density at radius 1 is 1.03 bits per heavy atom. The number of rotatable bonds is 5. The third-order valence-corrected chi connectivity index (χ3v) is 4.39. The number of aromatic amines is 1. The molecule has 0 bridgehead atoms. The van der Waals surface area contributed by atoms with E-state index in [9.17, 15) is 18.0 Å². The molecule has 0 saturated carbocycles. The summed E-state index contributed by atoms with van der Waals surface area (Å²) in [5.41, 5.74) is 1.98. The van der Waals surface area contributed by atoms with E-state index in [0.29, 0.717) is 17.1 Å². The summed E-state index contributed by atoms with van der Waals surface area (Å²) < 4.78 is 43.5. The quantitative estimate of drug-likeness (QED) is 0.471. The van der Waals surface area contributed by atoms with Crippen LogP contribution < -0.4 is 0 Å². The molecule has 1 N–H and O–H groups in total. The predicted octanol–water partition coefficient (Wildman–Crippen LogP) is 5.18. The maximum atomic E-state index is 12.9. The van der Waals surface area contributed by atoms with Crippen LogP contribution in [0.3, 0.4) is 0 Å². The number of Topliss-reactive ketones (excluding diaryl/α,β-unsaturated/α-hetero) is 1. The average Bonchev–Trinajstić information content (AvgIpc) is 3.40. The number of carbonyl (C=O) groups excluding carboxylic acids is 1. The molecule has 2 heterocycles. The van der Waals surface area contributed by atoms with Gasteiger partial charge in [0.25, 0.3) is 0 Å². The number of aromatic nitrogens is 3. The molecule has 0 aliphatic rings. The van der Waals surface area contributed by atoms with E-state index in [1.807, 2.05) is 0 Å². The fourth-order valence-corrected chi connectivity index (χ4v) is 2.88. The number of alkyl halides is 3. The van der Waals surface area contributed by atoms with Gasteiger partial charge in [-0.1, -0.05) is 36.4 Å². The molecule has 0 amide bonds. The van der Waals surface area contributed by atoms with Crippen molar-refractivity contribution in [2.75, 3.05) is 0 Å². The Morgan fingerprint density at radius 3 is 2.52 bits per heavy atom. The van der Waals surface area contributed by atoms with Gasteiger partial charge in [-0.15, -0.1) is 0 Å². The molecule has 8 heteroatoms. The summed E-state index contributed by atoms with van der Waals surface area (Å²) >= 11 is 0. The highest BCUT2D eigenvalue weighted by Crippen LogP contribution is 2.32.